The summed E-state index contributed by atoms with van der Waals surface area (Å²) in [5.41, 5.74) is 0. The van der Waals surface area contributed by atoms with E-state index in [1.165, 1.54) is 0 Å². The molecule has 56 valence electrons. The van der Waals surface area contributed by atoms with Crippen molar-refractivity contribution in [2.24, 2.45) is 11.8 Å². The monoisotopic (exact) mass is 138 g/mol. The maximum absolute atomic E-state index is 11.1. The van der Waals surface area contributed by atoms with Gasteiger partial charge in [0, 0.05) is 12.3 Å². The molecule has 0 bridgehead atoms. The number of rotatable bonds is 2. The van der Waals surface area contributed by atoms with Crippen molar-refractivity contribution >= 4 is 5.78 Å². The Balaban J connectivity index is 2.53. The number of hydrogen-bond acceptors (Lipinski definition) is 1. The molecule has 0 spiro atoms. The molecular weight excluding hydrogens is 124 g/mol. The van der Waals surface area contributed by atoms with Gasteiger partial charge in [0.25, 0.3) is 0 Å². The molecule has 1 aliphatic carbocycles. The van der Waals surface area contributed by atoms with Crippen LogP contribution in [0.4, 0.5) is 0 Å². The fourth-order valence-electron chi connectivity index (χ4n) is 1.62. The number of carbonyl (C=O) groups is 1. The highest BCUT2D eigenvalue weighted by atomic mass is 16.1. The molecule has 2 atom stereocenters. The van der Waals surface area contributed by atoms with E-state index in [1.807, 2.05) is 6.08 Å². The summed E-state index contributed by atoms with van der Waals surface area (Å²) in [6.07, 6.45) is 4.60. The third-order valence-corrected chi connectivity index (χ3v) is 2.37. The molecule has 0 aromatic heterocycles. The van der Waals surface area contributed by atoms with Crippen LogP contribution >= 0.6 is 0 Å². The smallest absolute Gasteiger partial charge is 0.136 e. The minimum atomic E-state index is 0.289. The van der Waals surface area contributed by atoms with Gasteiger partial charge >= 0.3 is 0 Å². The molecule has 0 N–H and O–H groups in total. The molecule has 1 heteroatoms. The average Bonchev–Trinajstić information content (AvgIpc) is 2.20. The summed E-state index contributed by atoms with van der Waals surface area (Å²) >= 11 is 0. The largest absolute Gasteiger partial charge is 0.299 e. The molecule has 10 heavy (non-hydrogen) atoms. The van der Waals surface area contributed by atoms with Gasteiger partial charge in [0.15, 0.2) is 0 Å². The van der Waals surface area contributed by atoms with Crippen LogP contribution < -0.4 is 0 Å². The molecule has 0 heterocycles. The molecule has 1 aliphatic rings. The van der Waals surface area contributed by atoms with Crippen molar-refractivity contribution in [2.75, 3.05) is 0 Å². The third-order valence-electron chi connectivity index (χ3n) is 2.37. The van der Waals surface area contributed by atoms with Crippen LogP contribution in [0.5, 0.6) is 0 Å². The Bertz CT molecular complexity index is 149. The van der Waals surface area contributed by atoms with E-state index in [4.69, 9.17) is 0 Å². The molecule has 0 aromatic carbocycles. The number of hydrogen-bond donors (Lipinski definition) is 0. The van der Waals surface area contributed by atoms with E-state index < -0.39 is 0 Å². The third kappa shape index (κ3) is 1.28. The lowest BCUT2D eigenvalue weighted by Gasteiger charge is -2.09. The van der Waals surface area contributed by atoms with Gasteiger partial charge in [-0.15, -0.1) is 6.58 Å². The van der Waals surface area contributed by atoms with Crippen molar-refractivity contribution < 1.29 is 4.79 Å². The first-order chi connectivity index (χ1) is 4.75. The van der Waals surface area contributed by atoms with Crippen molar-refractivity contribution in [3.05, 3.63) is 12.7 Å². The zero-order chi connectivity index (χ0) is 7.56. The van der Waals surface area contributed by atoms with Gasteiger partial charge in [-0.05, 0) is 18.8 Å². The van der Waals surface area contributed by atoms with Crippen LogP contribution in [-0.4, -0.2) is 5.78 Å². The molecule has 1 nitrogen and oxygen atoms in total. The van der Waals surface area contributed by atoms with Crippen LogP contribution in [-0.2, 0) is 4.79 Å². The van der Waals surface area contributed by atoms with E-state index in [0.717, 1.165) is 19.3 Å². The molecule has 0 saturated heterocycles. The summed E-state index contributed by atoms with van der Waals surface area (Å²) in [6, 6.07) is 0. The van der Waals surface area contributed by atoms with Gasteiger partial charge < -0.3 is 0 Å². The number of carbonyl (C=O) groups excluding carboxylic acids is 1. The topological polar surface area (TPSA) is 17.1 Å². The lowest BCUT2D eigenvalue weighted by atomic mass is 9.94. The summed E-state index contributed by atoms with van der Waals surface area (Å²) in [5.74, 6) is 1.32. The van der Waals surface area contributed by atoms with Gasteiger partial charge in [-0.3, -0.25) is 4.79 Å². The minimum Gasteiger partial charge on any atom is -0.299 e. The van der Waals surface area contributed by atoms with Crippen LogP contribution in [0.25, 0.3) is 0 Å². The van der Waals surface area contributed by atoms with E-state index in [9.17, 15) is 4.79 Å². The fourth-order valence-corrected chi connectivity index (χ4v) is 1.62. The van der Waals surface area contributed by atoms with E-state index >= 15 is 0 Å². The van der Waals surface area contributed by atoms with E-state index in [0.29, 0.717) is 11.7 Å². The van der Waals surface area contributed by atoms with Gasteiger partial charge in [-0.2, -0.15) is 0 Å². The van der Waals surface area contributed by atoms with Crippen molar-refractivity contribution in [3.63, 3.8) is 0 Å². The standard InChI is InChI=1S/C9H14O/c1-3-4-8-7(2)5-6-9(8)10/h3,7-8H,1,4-6H2,2H3/t7-,8-/m1/s1. The molecule has 1 saturated carbocycles. The molecule has 0 aliphatic heterocycles. The maximum atomic E-state index is 11.1. The highest BCUT2D eigenvalue weighted by molar-refractivity contribution is 5.83. The lowest BCUT2D eigenvalue weighted by Crippen LogP contribution is -2.10. The maximum Gasteiger partial charge on any atom is 0.136 e. The summed E-state index contributed by atoms with van der Waals surface area (Å²) in [6.45, 7) is 5.79. The first-order valence-electron chi connectivity index (χ1n) is 3.89. The molecule has 0 unspecified atom stereocenters. The van der Waals surface area contributed by atoms with Crippen molar-refractivity contribution in [1.82, 2.24) is 0 Å². The Labute approximate surface area is 62.1 Å². The number of Topliss-reactive ketones (excluding diaryl/α,β-unsaturated/α-hetero) is 1. The summed E-state index contributed by atoms with van der Waals surface area (Å²) in [4.78, 5) is 11.1. The first-order valence-corrected chi connectivity index (χ1v) is 3.89. The SMILES string of the molecule is C=CC[C@H]1C(=O)CC[C@H]1C. The van der Waals surface area contributed by atoms with Gasteiger partial charge in [-0.25, -0.2) is 0 Å². The van der Waals surface area contributed by atoms with Crippen molar-refractivity contribution in [3.8, 4) is 0 Å². The Hall–Kier alpha value is -0.590. The molecule has 0 aromatic rings. The Morgan fingerprint density at radius 2 is 2.50 bits per heavy atom. The van der Waals surface area contributed by atoms with E-state index in [2.05, 4.69) is 13.5 Å². The van der Waals surface area contributed by atoms with Crippen molar-refractivity contribution in [2.45, 2.75) is 26.2 Å². The molecule has 0 amide bonds. The first kappa shape index (κ1) is 7.52. The highest BCUT2D eigenvalue weighted by Gasteiger charge is 2.29. The predicted octanol–water partition coefficient (Wildman–Crippen LogP) is 2.18. The van der Waals surface area contributed by atoms with E-state index in [1.54, 1.807) is 0 Å². The molecule has 0 radical (unpaired) electrons. The van der Waals surface area contributed by atoms with Crippen LogP contribution in [0, 0.1) is 11.8 Å². The summed E-state index contributed by atoms with van der Waals surface area (Å²) < 4.78 is 0. The Kier molecular flexibility index (Phi) is 2.25. The number of ketones is 1. The van der Waals surface area contributed by atoms with Gasteiger partial charge in [-0.1, -0.05) is 13.0 Å². The predicted molar refractivity (Wildman–Crippen MR) is 41.7 cm³/mol. The average molecular weight is 138 g/mol. The van der Waals surface area contributed by atoms with Crippen LogP contribution in [0.1, 0.15) is 26.2 Å². The van der Waals surface area contributed by atoms with Crippen LogP contribution in [0.15, 0.2) is 12.7 Å². The lowest BCUT2D eigenvalue weighted by molar-refractivity contribution is -0.121. The quantitative estimate of drug-likeness (QED) is 0.534. The van der Waals surface area contributed by atoms with Crippen LogP contribution in [0.2, 0.25) is 0 Å². The normalized spacial score (nSPS) is 32.7. The highest BCUT2D eigenvalue weighted by Crippen LogP contribution is 2.30. The minimum absolute atomic E-state index is 0.289. The van der Waals surface area contributed by atoms with Gasteiger partial charge in [0.05, 0.1) is 0 Å². The fraction of sp³-hybridized carbons (Fsp3) is 0.667. The van der Waals surface area contributed by atoms with Crippen molar-refractivity contribution in [1.29, 1.82) is 0 Å². The molecular formula is C9H14O. The van der Waals surface area contributed by atoms with Crippen LogP contribution in [0.3, 0.4) is 0 Å². The summed E-state index contributed by atoms with van der Waals surface area (Å²) in [7, 11) is 0. The Morgan fingerprint density at radius 1 is 1.80 bits per heavy atom. The zero-order valence-corrected chi connectivity index (χ0v) is 6.47. The number of allylic oxidation sites excluding steroid dienone is 1. The second-order valence-electron chi connectivity index (χ2n) is 3.11. The molecule has 1 rings (SSSR count). The second-order valence-corrected chi connectivity index (χ2v) is 3.11. The van der Waals surface area contributed by atoms with Gasteiger partial charge in [0.1, 0.15) is 5.78 Å². The second kappa shape index (κ2) is 3.00. The Morgan fingerprint density at radius 3 is 2.90 bits per heavy atom. The van der Waals surface area contributed by atoms with Gasteiger partial charge in [0.2, 0.25) is 0 Å². The summed E-state index contributed by atoms with van der Waals surface area (Å²) in [5, 5.41) is 0. The molecule has 1 fully saturated rings. The van der Waals surface area contributed by atoms with E-state index in [-0.39, 0.29) is 5.92 Å². The zero-order valence-electron chi connectivity index (χ0n) is 6.47.